The van der Waals surface area contributed by atoms with Crippen LogP contribution >= 0.6 is 11.3 Å². The number of pyridine rings is 1. The number of likely N-dealkylation sites (tertiary alicyclic amines) is 2. The molecule has 10 heteroatoms. The van der Waals surface area contributed by atoms with Crippen molar-refractivity contribution >= 4 is 35.0 Å². The number of ketones is 1. The van der Waals surface area contributed by atoms with Gasteiger partial charge in [-0.25, -0.2) is 4.79 Å². The molecule has 2 saturated heterocycles. The zero-order valence-corrected chi connectivity index (χ0v) is 20.8. The summed E-state index contributed by atoms with van der Waals surface area (Å²) in [5.74, 6) is 0.0106. The Morgan fingerprint density at radius 3 is 2.67 bits per heavy atom. The number of carbonyl (C=O) groups excluding carboxylic acids is 4. The Morgan fingerprint density at radius 2 is 1.94 bits per heavy atom. The SMILES string of the molecule is O=C(NC(CC1CCCCC1)C(=O)N1CCC2C1C(=O)CN2C(=O)c1ccccn1)Oc1ccsc1. The van der Waals surface area contributed by atoms with Crippen molar-refractivity contribution in [3.63, 3.8) is 0 Å². The molecule has 1 saturated carbocycles. The third-order valence-electron chi connectivity index (χ3n) is 7.44. The molecule has 3 atom stereocenters. The largest absolute Gasteiger partial charge is 0.413 e. The average molecular weight is 511 g/mol. The number of amides is 3. The van der Waals surface area contributed by atoms with E-state index in [1.165, 1.54) is 22.7 Å². The van der Waals surface area contributed by atoms with Crippen LogP contribution in [-0.4, -0.2) is 69.7 Å². The number of rotatable bonds is 6. The Morgan fingerprint density at radius 1 is 1.11 bits per heavy atom. The summed E-state index contributed by atoms with van der Waals surface area (Å²) in [6.45, 7) is 0.309. The molecule has 3 aliphatic rings. The van der Waals surface area contributed by atoms with Gasteiger partial charge in [-0.05, 0) is 42.3 Å². The van der Waals surface area contributed by atoms with E-state index in [1.807, 2.05) is 0 Å². The first-order chi connectivity index (χ1) is 17.5. The van der Waals surface area contributed by atoms with Gasteiger partial charge in [0.25, 0.3) is 5.91 Å². The summed E-state index contributed by atoms with van der Waals surface area (Å²) in [5.41, 5.74) is 0.281. The summed E-state index contributed by atoms with van der Waals surface area (Å²) in [6, 6.07) is 4.91. The van der Waals surface area contributed by atoms with Gasteiger partial charge in [-0.3, -0.25) is 19.4 Å². The normalized spacial score (nSPS) is 22.8. The van der Waals surface area contributed by atoms with Crippen LogP contribution in [0.4, 0.5) is 4.79 Å². The number of ether oxygens (including phenoxy) is 1. The molecular formula is C26H30N4O5S. The Balaban J connectivity index is 1.31. The molecule has 0 bridgehead atoms. The molecule has 1 aliphatic carbocycles. The maximum Gasteiger partial charge on any atom is 0.413 e. The van der Waals surface area contributed by atoms with E-state index in [0.29, 0.717) is 31.1 Å². The fourth-order valence-corrected chi connectivity index (χ4v) is 6.29. The molecule has 2 aromatic heterocycles. The highest BCUT2D eigenvalue weighted by atomic mass is 32.1. The average Bonchev–Trinajstić information content (AvgIpc) is 3.63. The van der Waals surface area contributed by atoms with Crippen molar-refractivity contribution in [2.75, 3.05) is 13.1 Å². The molecule has 3 fully saturated rings. The molecule has 3 unspecified atom stereocenters. The third-order valence-corrected chi connectivity index (χ3v) is 8.10. The standard InChI is InChI=1S/C26H30N4O5S/c31-22-15-30(24(32)19-8-4-5-11-27-19)21-9-12-29(23(21)22)25(33)20(14-17-6-2-1-3-7-17)28-26(34)35-18-10-13-36-16-18/h4-5,8,10-11,13,16-17,20-21,23H,1-3,6-7,9,12,14-15H2,(H,28,34). The molecule has 2 aromatic rings. The summed E-state index contributed by atoms with van der Waals surface area (Å²) < 4.78 is 5.35. The lowest BCUT2D eigenvalue weighted by molar-refractivity contribution is -0.138. The van der Waals surface area contributed by atoms with Crippen LogP contribution in [0.3, 0.4) is 0 Å². The Bertz CT molecular complexity index is 1100. The van der Waals surface area contributed by atoms with Crippen molar-refractivity contribution in [3.8, 4) is 5.75 Å². The van der Waals surface area contributed by atoms with Gasteiger partial charge >= 0.3 is 6.09 Å². The highest BCUT2D eigenvalue weighted by Crippen LogP contribution is 2.33. The second-order valence-electron chi connectivity index (χ2n) is 9.73. The smallest absolute Gasteiger partial charge is 0.409 e. The van der Waals surface area contributed by atoms with Gasteiger partial charge in [0.2, 0.25) is 5.91 Å². The fraction of sp³-hybridized carbons (Fsp3) is 0.500. The Kier molecular flexibility index (Phi) is 7.31. The lowest BCUT2D eigenvalue weighted by Crippen LogP contribution is -2.53. The summed E-state index contributed by atoms with van der Waals surface area (Å²) in [4.78, 5) is 59.7. The first-order valence-electron chi connectivity index (χ1n) is 12.6. The number of hydrogen-bond acceptors (Lipinski definition) is 7. The van der Waals surface area contributed by atoms with E-state index in [9.17, 15) is 19.2 Å². The number of fused-ring (bicyclic) bond motifs is 1. The molecule has 1 N–H and O–H groups in total. The number of thiophene rings is 1. The van der Waals surface area contributed by atoms with Crippen LogP contribution in [-0.2, 0) is 9.59 Å². The van der Waals surface area contributed by atoms with Crippen molar-refractivity contribution in [1.82, 2.24) is 20.1 Å². The minimum atomic E-state index is -0.786. The summed E-state index contributed by atoms with van der Waals surface area (Å²) >= 11 is 1.41. The number of Topliss-reactive ketones (excluding diaryl/α,β-unsaturated/α-hetero) is 1. The van der Waals surface area contributed by atoms with E-state index in [-0.39, 0.29) is 35.9 Å². The van der Waals surface area contributed by atoms with Crippen LogP contribution in [0.25, 0.3) is 0 Å². The van der Waals surface area contributed by atoms with Crippen LogP contribution in [0, 0.1) is 5.92 Å². The molecular weight excluding hydrogens is 480 g/mol. The first kappa shape index (κ1) is 24.4. The molecule has 0 radical (unpaired) electrons. The maximum absolute atomic E-state index is 13.8. The highest BCUT2D eigenvalue weighted by Gasteiger charge is 2.52. The predicted molar refractivity (Wildman–Crippen MR) is 133 cm³/mol. The van der Waals surface area contributed by atoms with Crippen molar-refractivity contribution in [2.45, 2.75) is 63.1 Å². The van der Waals surface area contributed by atoms with E-state index < -0.39 is 18.2 Å². The molecule has 4 heterocycles. The number of nitrogens with zero attached hydrogens (tertiary/aromatic N) is 3. The molecule has 0 aromatic carbocycles. The quantitative estimate of drug-likeness (QED) is 0.639. The van der Waals surface area contributed by atoms with Crippen LogP contribution in [0.5, 0.6) is 5.75 Å². The monoisotopic (exact) mass is 510 g/mol. The van der Waals surface area contributed by atoms with Gasteiger partial charge in [-0.15, -0.1) is 11.3 Å². The Labute approximate surface area is 213 Å². The lowest BCUT2D eigenvalue weighted by atomic mass is 9.84. The van der Waals surface area contributed by atoms with Crippen LogP contribution in [0.2, 0.25) is 0 Å². The van der Waals surface area contributed by atoms with Crippen LogP contribution in [0.15, 0.2) is 41.2 Å². The lowest BCUT2D eigenvalue weighted by Gasteiger charge is -2.31. The fourth-order valence-electron chi connectivity index (χ4n) is 5.74. The molecule has 3 amide bonds. The van der Waals surface area contributed by atoms with Gasteiger partial charge in [0.1, 0.15) is 23.5 Å². The molecule has 36 heavy (non-hydrogen) atoms. The maximum atomic E-state index is 13.8. The second kappa shape index (κ2) is 10.8. The van der Waals surface area contributed by atoms with E-state index >= 15 is 0 Å². The number of nitrogens with one attached hydrogen (secondary N) is 1. The highest BCUT2D eigenvalue weighted by molar-refractivity contribution is 7.08. The molecule has 0 spiro atoms. The van der Waals surface area contributed by atoms with Crippen molar-refractivity contribution in [2.24, 2.45) is 5.92 Å². The zero-order valence-electron chi connectivity index (χ0n) is 20.0. The van der Waals surface area contributed by atoms with Gasteiger partial charge < -0.3 is 19.9 Å². The number of hydrogen-bond donors (Lipinski definition) is 1. The minimum absolute atomic E-state index is 0.0462. The second-order valence-corrected chi connectivity index (χ2v) is 10.5. The van der Waals surface area contributed by atoms with E-state index in [2.05, 4.69) is 10.3 Å². The summed E-state index contributed by atoms with van der Waals surface area (Å²) in [6.07, 6.45) is 7.34. The van der Waals surface area contributed by atoms with E-state index in [4.69, 9.17) is 4.74 Å². The topological polar surface area (TPSA) is 109 Å². The minimum Gasteiger partial charge on any atom is -0.409 e. The zero-order chi connectivity index (χ0) is 25.1. The van der Waals surface area contributed by atoms with Gasteiger partial charge in [0.15, 0.2) is 5.78 Å². The molecule has 190 valence electrons. The van der Waals surface area contributed by atoms with Crippen molar-refractivity contribution in [3.05, 3.63) is 46.9 Å². The number of carbonyl (C=O) groups is 4. The molecule has 2 aliphatic heterocycles. The first-order valence-corrected chi connectivity index (χ1v) is 13.5. The van der Waals surface area contributed by atoms with Gasteiger partial charge in [0.05, 0.1) is 12.6 Å². The third kappa shape index (κ3) is 5.13. The summed E-state index contributed by atoms with van der Waals surface area (Å²) in [7, 11) is 0. The van der Waals surface area contributed by atoms with E-state index in [1.54, 1.807) is 46.1 Å². The van der Waals surface area contributed by atoms with Gasteiger partial charge in [0, 0.05) is 18.1 Å². The van der Waals surface area contributed by atoms with Crippen LogP contribution in [0.1, 0.15) is 55.4 Å². The van der Waals surface area contributed by atoms with Crippen molar-refractivity contribution in [1.29, 1.82) is 0 Å². The van der Waals surface area contributed by atoms with E-state index in [0.717, 1.165) is 25.7 Å². The predicted octanol–water partition coefficient (Wildman–Crippen LogP) is 3.27. The number of aromatic nitrogens is 1. The van der Waals surface area contributed by atoms with Crippen molar-refractivity contribution < 1.29 is 23.9 Å². The summed E-state index contributed by atoms with van der Waals surface area (Å²) in [5, 5.41) is 6.31. The molecule has 5 rings (SSSR count). The van der Waals surface area contributed by atoms with Crippen LogP contribution < -0.4 is 10.1 Å². The Hall–Kier alpha value is -3.27. The van der Waals surface area contributed by atoms with Gasteiger partial charge in [-0.2, -0.15) is 0 Å². The molecule has 9 nitrogen and oxygen atoms in total. The van der Waals surface area contributed by atoms with Gasteiger partial charge in [-0.1, -0.05) is 38.2 Å².